The average molecular weight is 494 g/mol. The summed E-state index contributed by atoms with van der Waals surface area (Å²) in [6.45, 7) is 0. The minimum atomic E-state index is -4.88. The van der Waals surface area contributed by atoms with E-state index < -0.39 is 30.4 Å². The van der Waals surface area contributed by atoms with E-state index in [1.54, 1.807) is 18.2 Å². The maximum atomic E-state index is 11.2. The van der Waals surface area contributed by atoms with Crippen molar-refractivity contribution in [2.75, 3.05) is 0 Å². The van der Waals surface area contributed by atoms with Crippen LogP contribution in [0.2, 0.25) is 0 Å². The van der Waals surface area contributed by atoms with Gasteiger partial charge in [-0.2, -0.15) is 0 Å². The molecule has 0 amide bonds. The van der Waals surface area contributed by atoms with E-state index in [9.17, 15) is 25.9 Å². The molecule has 0 unspecified atom stereocenters. The Morgan fingerprint density at radius 1 is 0.844 bits per heavy atom. The molecule has 0 saturated carbocycles. The summed E-state index contributed by atoms with van der Waals surface area (Å²) in [4.78, 5) is 8.35. The molecule has 0 aliphatic carbocycles. The summed E-state index contributed by atoms with van der Waals surface area (Å²) >= 11 is 0. The molecule has 16 heteroatoms. The largest absolute Gasteiger partial charge is 1.00 e. The topological polar surface area (TPSA) is 192 Å². The molecule has 0 aromatic carbocycles. The third-order valence-corrected chi connectivity index (χ3v) is 5.16. The Hall–Kier alpha value is -1.46. The summed E-state index contributed by atoms with van der Waals surface area (Å²) in [5.74, 6) is -0.128. The fourth-order valence-corrected chi connectivity index (χ4v) is 3.31. The van der Waals surface area contributed by atoms with Crippen LogP contribution in [-0.2, 0) is 20.2 Å². The van der Waals surface area contributed by atoms with Gasteiger partial charge in [-0.05, 0) is 24.3 Å². The Kier molecular flexibility index (Phi) is 8.55. The van der Waals surface area contributed by atoms with Crippen molar-refractivity contribution >= 4 is 20.2 Å². The molecule has 0 saturated heterocycles. The van der Waals surface area contributed by atoms with Crippen LogP contribution in [0.25, 0.3) is 34.2 Å². The van der Waals surface area contributed by atoms with Gasteiger partial charge in [0.05, 0.1) is 0 Å². The van der Waals surface area contributed by atoms with E-state index >= 15 is 0 Å². The predicted molar refractivity (Wildman–Crippen MR) is 94.4 cm³/mol. The van der Waals surface area contributed by atoms with Crippen LogP contribution in [0.5, 0.6) is 0 Å². The Balaban J connectivity index is 0.00000181. The number of rotatable bonds is 5. The number of hydrogen-bond donors (Lipinski definition) is 0. The van der Waals surface area contributed by atoms with Crippen molar-refractivity contribution in [1.82, 2.24) is 20.2 Å². The van der Waals surface area contributed by atoms with Gasteiger partial charge in [0.2, 0.25) is 16.0 Å². The first-order chi connectivity index (χ1) is 14.1. The maximum absolute atomic E-state index is 11.2. The second kappa shape index (κ2) is 10.2. The molecule has 0 aliphatic heterocycles. The predicted octanol–water partition coefficient (Wildman–Crippen LogP) is -4.73. The molecule has 0 radical (unpaired) electrons. The second-order valence-electron chi connectivity index (χ2n) is 5.73. The Morgan fingerprint density at radius 3 is 2.12 bits per heavy atom. The zero-order chi connectivity index (χ0) is 21.5. The first-order valence-electron chi connectivity index (χ1n) is 7.90. The van der Waals surface area contributed by atoms with E-state index in [0.29, 0.717) is 5.69 Å². The van der Waals surface area contributed by atoms with Crippen molar-refractivity contribution in [3.05, 3.63) is 48.9 Å². The zero-order valence-electron chi connectivity index (χ0n) is 16.5. The molecule has 0 fully saturated rings. The van der Waals surface area contributed by atoms with Gasteiger partial charge in [-0.1, -0.05) is 6.07 Å². The number of nitrogens with zero attached hydrogens (tertiary/aromatic N) is 4. The van der Waals surface area contributed by atoms with Gasteiger partial charge in [0, 0.05) is 17.8 Å². The Bertz CT molecular complexity index is 1450. The third kappa shape index (κ3) is 5.72. The molecular weight excluding hydrogens is 486 g/mol. The van der Waals surface area contributed by atoms with Crippen molar-refractivity contribution < 1.29 is 93.9 Å². The first-order valence-corrected chi connectivity index (χ1v) is 10.7. The Morgan fingerprint density at radius 2 is 1.56 bits per heavy atom. The van der Waals surface area contributed by atoms with E-state index in [2.05, 4.69) is 20.2 Å². The van der Waals surface area contributed by atoms with Gasteiger partial charge in [-0.3, -0.25) is 4.98 Å². The van der Waals surface area contributed by atoms with Crippen LogP contribution >= 0.6 is 0 Å². The van der Waals surface area contributed by atoms with Crippen molar-refractivity contribution in [2.45, 2.75) is 10.2 Å². The molecule has 4 aromatic rings. The standard InChI is InChI=1S/C16H10N4O8S2.2Na/c21-29(22,23)12-5-4-11(28-12)15-14(9-7-13(27-8-9)30(24,25)26)19-20-16(18-15)10-3-1-2-6-17-10;;/h1-8H,(H,21,22,23)(H,24,25,26);;/q;2*+1/p-2. The summed E-state index contributed by atoms with van der Waals surface area (Å²) < 4.78 is 77.0. The summed E-state index contributed by atoms with van der Waals surface area (Å²) in [5.41, 5.74) is 0.166. The fraction of sp³-hybridized carbons (Fsp3) is 0. The molecule has 154 valence electrons. The summed E-state index contributed by atoms with van der Waals surface area (Å²) in [6, 6.07) is 7.96. The Labute approximate surface area is 225 Å². The van der Waals surface area contributed by atoms with E-state index in [1.165, 1.54) is 12.3 Å². The molecule has 0 atom stereocenters. The minimum Gasteiger partial charge on any atom is -0.742 e. The van der Waals surface area contributed by atoms with Gasteiger partial charge in [0.15, 0.2) is 26.0 Å². The summed E-state index contributed by atoms with van der Waals surface area (Å²) in [6.07, 6.45) is 2.43. The van der Waals surface area contributed by atoms with E-state index in [0.717, 1.165) is 18.4 Å². The molecule has 4 aromatic heterocycles. The minimum absolute atomic E-state index is 0. The molecular formula is C16H8N4Na2O8S2. The fourth-order valence-electron chi connectivity index (χ4n) is 2.45. The first kappa shape index (κ1) is 26.8. The zero-order valence-corrected chi connectivity index (χ0v) is 22.1. The second-order valence-corrected chi connectivity index (χ2v) is 8.35. The van der Waals surface area contributed by atoms with Crippen LogP contribution in [0.1, 0.15) is 0 Å². The molecule has 12 nitrogen and oxygen atoms in total. The van der Waals surface area contributed by atoms with Crippen LogP contribution in [-0.4, -0.2) is 46.1 Å². The molecule has 4 rings (SSSR count). The molecule has 0 N–H and O–H groups in total. The van der Waals surface area contributed by atoms with Crippen LogP contribution in [0.4, 0.5) is 0 Å². The van der Waals surface area contributed by atoms with E-state index in [4.69, 9.17) is 8.83 Å². The van der Waals surface area contributed by atoms with Gasteiger partial charge < -0.3 is 17.9 Å². The molecule has 0 spiro atoms. The van der Waals surface area contributed by atoms with Gasteiger partial charge >= 0.3 is 59.1 Å². The number of furan rings is 2. The summed E-state index contributed by atoms with van der Waals surface area (Å²) in [7, 11) is -9.75. The van der Waals surface area contributed by atoms with Crippen LogP contribution < -0.4 is 59.1 Å². The monoisotopic (exact) mass is 494 g/mol. The van der Waals surface area contributed by atoms with Gasteiger partial charge in [0.1, 0.15) is 23.3 Å². The summed E-state index contributed by atoms with van der Waals surface area (Å²) in [5, 5.41) is 6.19. The van der Waals surface area contributed by atoms with Crippen LogP contribution in [0.15, 0.2) is 67.9 Å². The average Bonchev–Trinajstić information content (AvgIpc) is 3.37. The van der Waals surface area contributed by atoms with E-state index in [-0.39, 0.29) is 87.7 Å². The SMILES string of the molecule is O=S(=O)([O-])c1cc(-c2nnc(-c3ccccn3)nc2-c2ccc(S(=O)(=O)[O-])o2)co1.[Na+].[Na+]. The molecule has 32 heavy (non-hydrogen) atoms. The van der Waals surface area contributed by atoms with Crippen LogP contribution in [0, 0.1) is 0 Å². The molecule has 0 bridgehead atoms. The maximum Gasteiger partial charge on any atom is 1.00 e. The third-order valence-electron chi connectivity index (χ3n) is 3.74. The van der Waals surface area contributed by atoms with Crippen molar-refractivity contribution in [3.63, 3.8) is 0 Å². The number of hydrogen-bond acceptors (Lipinski definition) is 12. The van der Waals surface area contributed by atoms with Crippen molar-refractivity contribution in [3.8, 4) is 34.2 Å². The smallest absolute Gasteiger partial charge is 0.742 e. The van der Waals surface area contributed by atoms with Crippen LogP contribution in [0.3, 0.4) is 0 Å². The normalized spacial score (nSPS) is 11.4. The number of pyridine rings is 1. The number of aromatic nitrogens is 4. The van der Waals surface area contributed by atoms with Crippen molar-refractivity contribution in [1.29, 1.82) is 0 Å². The van der Waals surface area contributed by atoms with Gasteiger partial charge in [-0.25, -0.2) is 21.8 Å². The van der Waals surface area contributed by atoms with Gasteiger partial charge in [0.25, 0.3) is 0 Å². The van der Waals surface area contributed by atoms with E-state index in [1.807, 2.05) is 0 Å². The molecule has 0 aliphatic rings. The van der Waals surface area contributed by atoms with Gasteiger partial charge in [-0.15, -0.1) is 10.2 Å². The quantitative estimate of drug-likeness (QED) is 0.190. The van der Waals surface area contributed by atoms with Crippen molar-refractivity contribution in [2.24, 2.45) is 0 Å². The molecule has 4 heterocycles.